The van der Waals surface area contributed by atoms with E-state index in [1.165, 1.54) is 13.2 Å². The molecule has 3 aromatic rings. The summed E-state index contributed by atoms with van der Waals surface area (Å²) in [6.07, 6.45) is 1.71. The smallest absolute Gasteiger partial charge is 0.272 e. The Morgan fingerprint density at radius 2 is 2.17 bits per heavy atom. The van der Waals surface area contributed by atoms with E-state index in [-0.39, 0.29) is 23.5 Å². The van der Waals surface area contributed by atoms with E-state index in [1.54, 1.807) is 23.5 Å². The summed E-state index contributed by atoms with van der Waals surface area (Å²) in [4.78, 5) is 15.8. The van der Waals surface area contributed by atoms with Gasteiger partial charge in [0.05, 0.1) is 17.7 Å². The lowest BCUT2D eigenvalue weighted by Gasteiger charge is -2.32. The number of hydrogen-bond donors (Lipinski definition) is 2. The van der Waals surface area contributed by atoms with Crippen LogP contribution in [-0.2, 0) is 6.54 Å². The van der Waals surface area contributed by atoms with Crippen LogP contribution in [0, 0.1) is 5.82 Å². The first kappa shape index (κ1) is 19.6. The Hall–Kier alpha value is -2.71. The Morgan fingerprint density at radius 1 is 1.34 bits per heavy atom. The maximum absolute atomic E-state index is 13.9. The fourth-order valence-corrected chi connectivity index (χ4v) is 4.25. The van der Waals surface area contributed by atoms with Crippen LogP contribution in [0.5, 0.6) is 5.75 Å². The monoisotopic (exact) mass is 414 g/mol. The van der Waals surface area contributed by atoms with Crippen LogP contribution >= 0.6 is 11.3 Å². The van der Waals surface area contributed by atoms with Crippen LogP contribution in [0.3, 0.4) is 0 Å². The predicted molar refractivity (Wildman–Crippen MR) is 111 cm³/mol. The molecule has 1 amide bonds. The topological polar surface area (TPSA) is 70.2 Å². The molecular formula is C21H23FN4O2S. The van der Waals surface area contributed by atoms with Crippen molar-refractivity contribution < 1.29 is 13.9 Å². The van der Waals surface area contributed by atoms with E-state index in [0.29, 0.717) is 12.2 Å². The lowest BCUT2D eigenvalue weighted by molar-refractivity contribution is 0.0904. The van der Waals surface area contributed by atoms with Crippen molar-refractivity contribution in [2.24, 2.45) is 0 Å². The molecular weight excluding hydrogens is 391 g/mol. The summed E-state index contributed by atoms with van der Waals surface area (Å²) in [5.41, 5.74) is 2.18. The number of nitrogens with zero attached hydrogens (tertiary/aromatic N) is 2. The number of aromatic nitrogens is 2. The zero-order valence-corrected chi connectivity index (χ0v) is 17.0. The molecule has 1 saturated heterocycles. The zero-order valence-electron chi connectivity index (χ0n) is 16.2. The highest BCUT2D eigenvalue weighted by atomic mass is 32.1. The number of methoxy groups -OCH3 is 1. The minimum atomic E-state index is -0.340. The molecule has 0 bridgehead atoms. The van der Waals surface area contributed by atoms with E-state index >= 15 is 0 Å². The maximum atomic E-state index is 13.9. The summed E-state index contributed by atoms with van der Waals surface area (Å²) in [5.74, 6) is -0.233. The minimum absolute atomic E-state index is 0.119. The Labute approximate surface area is 172 Å². The minimum Gasteiger partial charge on any atom is -0.494 e. The fraction of sp³-hybridized carbons (Fsp3) is 0.333. The molecule has 0 atom stereocenters. The second kappa shape index (κ2) is 8.75. The number of carbonyl (C=O) groups excluding carboxylic acids is 1. The van der Waals surface area contributed by atoms with Crippen LogP contribution in [0.15, 0.2) is 41.8 Å². The van der Waals surface area contributed by atoms with Gasteiger partial charge in [0.25, 0.3) is 5.91 Å². The molecule has 8 heteroatoms. The van der Waals surface area contributed by atoms with Crippen molar-refractivity contribution in [1.82, 2.24) is 20.4 Å². The summed E-state index contributed by atoms with van der Waals surface area (Å²) in [7, 11) is 1.46. The van der Waals surface area contributed by atoms with Crippen molar-refractivity contribution in [2.45, 2.75) is 25.4 Å². The summed E-state index contributed by atoms with van der Waals surface area (Å²) in [5, 5.41) is 12.1. The largest absolute Gasteiger partial charge is 0.494 e. The van der Waals surface area contributed by atoms with Crippen LogP contribution in [0.1, 0.15) is 28.9 Å². The second-order valence-electron chi connectivity index (χ2n) is 7.14. The van der Waals surface area contributed by atoms with Gasteiger partial charge < -0.3 is 10.1 Å². The average molecular weight is 415 g/mol. The van der Waals surface area contributed by atoms with E-state index in [9.17, 15) is 9.18 Å². The number of hydrogen-bond acceptors (Lipinski definition) is 5. The van der Waals surface area contributed by atoms with Gasteiger partial charge in [-0.25, -0.2) is 4.39 Å². The lowest BCUT2D eigenvalue weighted by atomic mass is 10.0. The number of nitrogens with one attached hydrogen (secondary N) is 2. The third-order valence-corrected chi connectivity index (χ3v) is 6.05. The molecule has 0 saturated carbocycles. The molecule has 1 aromatic carbocycles. The first-order valence-electron chi connectivity index (χ1n) is 9.57. The summed E-state index contributed by atoms with van der Waals surface area (Å²) >= 11 is 1.60. The molecule has 152 valence electrons. The number of amides is 1. The Balaban J connectivity index is 1.27. The third-order valence-electron chi connectivity index (χ3n) is 5.14. The highest BCUT2D eigenvalue weighted by molar-refractivity contribution is 7.13. The number of rotatable bonds is 6. The van der Waals surface area contributed by atoms with E-state index in [4.69, 9.17) is 4.74 Å². The van der Waals surface area contributed by atoms with Crippen molar-refractivity contribution in [3.8, 4) is 16.3 Å². The number of H-pyrrole nitrogens is 1. The van der Waals surface area contributed by atoms with Gasteiger partial charge in [-0.1, -0.05) is 12.1 Å². The number of piperidine rings is 1. The van der Waals surface area contributed by atoms with Gasteiger partial charge in [-0.2, -0.15) is 5.10 Å². The molecule has 1 aliphatic heterocycles. The normalized spacial score (nSPS) is 15.4. The second-order valence-corrected chi connectivity index (χ2v) is 8.08. The fourth-order valence-electron chi connectivity index (χ4n) is 3.56. The van der Waals surface area contributed by atoms with Crippen LogP contribution in [0.25, 0.3) is 10.6 Å². The molecule has 1 aliphatic rings. The molecule has 0 unspecified atom stereocenters. The lowest BCUT2D eigenvalue weighted by Crippen LogP contribution is -2.44. The van der Waals surface area contributed by atoms with Crippen molar-refractivity contribution in [3.05, 3.63) is 58.9 Å². The molecule has 3 heterocycles. The van der Waals surface area contributed by atoms with E-state index in [2.05, 4.69) is 20.4 Å². The zero-order chi connectivity index (χ0) is 20.2. The van der Waals surface area contributed by atoms with E-state index < -0.39 is 0 Å². The first-order valence-corrected chi connectivity index (χ1v) is 10.5. The third kappa shape index (κ3) is 4.65. The summed E-state index contributed by atoms with van der Waals surface area (Å²) in [6, 6.07) is 10.9. The van der Waals surface area contributed by atoms with Gasteiger partial charge in [0.2, 0.25) is 0 Å². The molecule has 4 rings (SSSR count). The van der Waals surface area contributed by atoms with E-state index in [1.807, 2.05) is 23.6 Å². The number of likely N-dealkylation sites (tertiary alicyclic amines) is 1. The summed E-state index contributed by atoms with van der Waals surface area (Å²) < 4.78 is 18.8. The van der Waals surface area contributed by atoms with Crippen LogP contribution in [-0.4, -0.2) is 47.2 Å². The number of halogens is 1. The van der Waals surface area contributed by atoms with Crippen LogP contribution in [0.4, 0.5) is 4.39 Å². The number of aromatic amines is 1. The van der Waals surface area contributed by atoms with Gasteiger partial charge in [0.15, 0.2) is 17.3 Å². The highest BCUT2D eigenvalue weighted by Crippen LogP contribution is 2.23. The average Bonchev–Trinajstić information content (AvgIpc) is 3.41. The van der Waals surface area contributed by atoms with Gasteiger partial charge in [0.1, 0.15) is 0 Å². The number of carbonyl (C=O) groups is 1. The Kier molecular flexibility index (Phi) is 5.92. The molecule has 6 nitrogen and oxygen atoms in total. The quantitative estimate of drug-likeness (QED) is 0.646. The molecule has 2 aromatic heterocycles. The van der Waals surface area contributed by atoms with Crippen LogP contribution in [0.2, 0.25) is 0 Å². The van der Waals surface area contributed by atoms with Crippen molar-refractivity contribution >= 4 is 17.2 Å². The molecule has 29 heavy (non-hydrogen) atoms. The molecule has 1 fully saturated rings. The standard InChI is InChI=1S/C21H23FN4O2S/c1-28-19-5-4-14(11-16(19)22)13-26-8-6-15(7-9-26)23-21(27)18-12-17(24-25-18)20-3-2-10-29-20/h2-5,10-12,15H,6-9,13H2,1H3,(H,23,27)(H,24,25). The molecule has 0 radical (unpaired) electrons. The Morgan fingerprint density at radius 3 is 2.86 bits per heavy atom. The summed E-state index contributed by atoms with van der Waals surface area (Å²) in [6.45, 7) is 2.38. The van der Waals surface area contributed by atoms with E-state index in [0.717, 1.165) is 42.1 Å². The van der Waals surface area contributed by atoms with Gasteiger partial charge >= 0.3 is 0 Å². The SMILES string of the molecule is COc1ccc(CN2CCC(NC(=O)c3cc(-c4cccs4)[nH]n3)CC2)cc1F. The first-order chi connectivity index (χ1) is 14.1. The highest BCUT2D eigenvalue weighted by Gasteiger charge is 2.22. The predicted octanol–water partition coefficient (Wildman–Crippen LogP) is 3.68. The van der Waals surface area contributed by atoms with Crippen LogP contribution < -0.4 is 10.1 Å². The molecule has 0 spiro atoms. The van der Waals surface area contributed by atoms with Gasteiger partial charge in [-0.3, -0.25) is 14.8 Å². The van der Waals surface area contributed by atoms with Gasteiger partial charge in [-0.15, -0.1) is 11.3 Å². The molecule has 0 aliphatic carbocycles. The van der Waals surface area contributed by atoms with Crippen molar-refractivity contribution in [2.75, 3.05) is 20.2 Å². The molecule has 2 N–H and O–H groups in total. The number of thiophene rings is 1. The van der Waals surface area contributed by atoms with Crippen molar-refractivity contribution in [1.29, 1.82) is 0 Å². The number of ether oxygens (including phenoxy) is 1. The Bertz CT molecular complexity index is 965. The maximum Gasteiger partial charge on any atom is 0.272 e. The van der Waals surface area contributed by atoms with Gasteiger partial charge in [-0.05, 0) is 48.1 Å². The van der Waals surface area contributed by atoms with Gasteiger partial charge in [0, 0.05) is 25.7 Å². The number of benzene rings is 1. The van der Waals surface area contributed by atoms with Crippen molar-refractivity contribution in [3.63, 3.8) is 0 Å².